The van der Waals surface area contributed by atoms with Crippen LogP contribution in [0, 0.1) is 0 Å². The van der Waals surface area contributed by atoms with Gasteiger partial charge in [0.25, 0.3) is 11.8 Å². The molecule has 3 heterocycles. The number of benzene rings is 2. The van der Waals surface area contributed by atoms with Crippen LogP contribution >= 0.6 is 45.9 Å². The number of esters is 1. The number of carbonyl (C=O) groups is 3. The molecule has 3 aromatic rings. The van der Waals surface area contributed by atoms with Crippen LogP contribution in [-0.4, -0.2) is 66.5 Å². The smallest absolute Gasteiger partial charge is 0.356 e. The van der Waals surface area contributed by atoms with E-state index < -0.39 is 35.3 Å². The van der Waals surface area contributed by atoms with Crippen molar-refractivity contribution in [2.45, 2.75) is 17.5 Å². The zero-order valence-corrected chi connectivity index (χ0v) is 24.8. The third-order valence-corrected chi connectivity index (χ3v) is 8.97. The van der Waals surface area contributed by atoms with Crippen molar-refractivity contribution >= 4 is 74.5 Å². The van der Waals surface area contributed by atoms with Crippen LogP contribution in [0.15, 0.2) is 77.1 Å². The van der Waals surface area contributed by atoms with Gasteiger partial charge < -0.3 is 20.6 Å². The van der Waals surface area contributed by atoms with Crippen molar-refractivity contribution in [3.05, 3.63) is 88.9 Å². The molecule has 11 nitrogen and oxygen atoms in total. The Morgan fingerprint density at radius 1 is 1.18 bits per heavy atom. The number of hydrogen-bond acceptors (Lipinski definition) is 11. The fraction of sp³-hybridized carbons (Fsp3) is 0.231. The number of hydrogen-bond donors (Lipinski definition) is 2. The third-order valence-electron chi connectivity index (χ3n) is 6.17. The first kappa shape index (κ1) is 28.0. The number of nitrogens with zero attached hydrogens (tertiary/aromatic N) is 4. The first-order chi connectivity index (χ1) is 19.4. The fourth-order valence-corrected chi connectivity index (χ4v) is 7.12. The van der Waals surface area contributed by atoms with Crippen LogP contribution in [-0.2, 0) is 24.0 Å². The fourth-order valence-electron chi connectivity index (χ4n) is 4.34. The summed E-state index contributed by atoms with van der Waals surface area (Å²) in [6.45, 7) is 0. The topological polar surface area (TPSA) is 149 Å². The molecule has 0 aliphatic carbocycles. The van der Waals surface area contributed by atoms with Crippen LogP contribution in [0.3, 0.4) is 0 Å². The lowest BCUT2D eigenvalue weighted by molar-refractivity contribution is -0.154. The summed E-state index contributed by atoms with van der Waals surface area (Å²) >= 11 is 4.53. The minimum absolute atomic E-state index is 0.00833. The molecular formula is C26H23IN6O5S2. The molecule has 0 saturated carbocycles. The second-order valence-electron chi connectivity index (χ2n) is 8.63. The molecule has 2 atom stereocenters. The predicted octanol–water partition coefficient (Wildman–Crippen LogP) is 2.89. The SMILES string of the molecule is CO/N=C(\C(=O)NC1C(=O)N2C(C(=O)OC(c3ccccc3)c3ccccc3)=C(CI)CS[C@H]12)c1nsc(N)n1. The molecule has 40 heavy (non-hydrogen) atoms. The number of amides is 2. The Morgan fingerprint density at radius 2 is 1.82 bits per heavy atom. The molecule has 2 aliphatic heterocycles. The summed E-state index contributed by atoms with van der Waals surface area (Å²) in [5.41, 5.74) is 8.05. The molecule has 1 fully saturated rings. The van der Waals surface area contributed by atoms with Crippen molar-refractivity contribution in [1.29, 1.82) is 0 Å². The highest BCUT2D eigenvalue weighted by Gasteiger charge is 2.55. The van der Waals surface area contributed by atoms with E-state index in [4.69, 9.17) is 15.3 Å². The zero-order chi connectivity index (χ0) is 28.2. The maximum absolute atomic E-state index is 13.7. The van der Waals surface area contributed by atoms with E-state index >= 15 is 0 Å². The van der Waals surface area contributed by atoms with Gasteiger partial charge in [-0.25, -0.2) is 4.79 Å². The number of β-lactam (4-membered cyclic amide) rings is 1. The molecule has 3 N–H and O–H groups in total. The number of carbonyl (C=O) groups excluding carboxylic acids is 3. The Hall–Kier alpha value is -3.50. The lowest BCUT2D eigenvalue weighted by Gasteiger charge is -2.49. The van der Waals surface area contributed by atoms with Crippen LogP contribution in [0.25, 0.3) is 0 Å². The highest BCUT2D eigenvalue weighted by atomic mass is 127. The minimum Gasteiger partial charge on any atom is -0.448 e. The summed E-state index contributed by atoms with van der Waals surface area (Å²) in [4.78, 5) is 50.3. The Bertz CT molecular complexity index is 1440. The van der Waals surface area contributed by atoms with Gasteiger partial charge in [-0.1, -0.05) is 88.4 Å². The maximum atomic E-state index is 13.7. The van der Waals surface area contributed by atoms with Crippen LogP contribution < -0.4 is 11.1 Å². The summed E-state index contributed by atoms with van der Waals surface area (Å²) in [6.07, 6.45) is -0.663. The summed E-state index contributed by atoms with van der Waals surface area (Å²) in [5, 5.41) is 6.06. The maximum Gasteiger partial charge on any atom is 0.356 e. The molecule has 1 unspecified atom stereocenters. The lowest BCUT2D eigenvalue weighted by atomic mass is 10.0. The number of fused-ring (bicyclic) bond motifs is 1. The van der Waals surface area contributed by atoms with Gasteiger partial charge in [-0.05, 0) is 16.7 Å². The Labute approximate surface area is 251 Å². The first-order valence-electron chi connectivity index (χ1n) is 12.0. The van der Waals surface area contributed by atoms with Gasteiger partial charge in [-0.15, -0.1) is 11.8 Å². The number of anilines is 1. The molecule has 0 bridgehead atoms. The van der Waals surface area contributed by atoms with Crippen LogP contribution in [0.5, 0.6) is 0 Å². The number of rotatable bonds is 9. The minimum atomic E-state index is -0.895. The summed E-state index contributed by atoms with van der Waals surface area (Å²) in [6, 6.07) is 18.0. The number of nitrogens with two attached hydrogens (primary N) is 1. The molecule has 0 spiro atoms. The molecule has 5 rings (SSSR count). The van der Waals surface area contributed by atoms with E-state index in [0.29, 0.717) is 10.2 Å². The van der Waals surface area contributed by atoms with E-state index in [-0.39, 0.29) is 22.4 Å². The van der Waals surface area contributed by atoms with Gasteiger partial charge in [0.1, 0.15) is 24.2 Å². The molecule has 2 aliphatic rings. The summed E-state index contributed by atoms with van der Waals surface area (Å²) < 4.78 is 10.6. The number of aromatic nitrogens is 2. The van der Waals surface area contributed by atoms with Crippen molar-refractivity contribution in [3.63, 3.8) is 0 Å². The quantitative estimate of drug-likeness (QED) is 0.0864. The third kappa shape index (κ3) is 5.55. The van der Waals surface area contributed by atoms with Crippen molar-refractivity contribution in [1.82, 2.24) is 19.6 Å². The molecular weight excluding hydrogens is 667 g/mol. The zero-order valence-electron chi connectivity index (χ0n) is 21.0. The summed E-state index contributed by atoms with van der Waals surface area (Å²) in [7, 11) is 1.28. The molecule has 2 aromatic carbocycles. The van der Waals surface area contributed by atoms with Crippen molar-refractivity contribution in [3.8, 4) is 0 Å². The number of thioether (sulfide) groups is 1. The molecule has 1 aromatic heterocycles. The second kappa shape index (κ2) is 12.3. The monoisotopic (exact) mass is 690 g/mol. The van der Waals surface area contributed by atoms with E-state index in [0.717, 1.165) is 28.2 Å². The van der Waals surface area contributed by atoms with Gasteiger partial charge >= 0.3 is 5.97 Å². The van der Waals surface area contributed by atoms with Gasteiger partial charge in [0.15, 0.2) is 11.2 Å². The number of ether oxygens (including phenoxy) is 1. The number of halogens is 1. The van der Waals surface area contributed by atoms with Gasteiger partial charge in [-0.2, -0.15) is 9.36 Å². The average Bonchev–Trinajstić information content (AvgIpc) is 3.42. The number of nitrogen functional groups attached to an aromatic ring is 1. The van der Waals surface area contributed by atoms with E-state index in [1.807, 2.05) is 60.7 Å². The highest BCUT2D eigenvalue weighted by molar-refractivity contribution is 14.1. The van der Waals surface area contributed by atoms with Gasteiger partial charge in [0.05, 0.1) is 0 Å². The van der Waals surface area contributed by atoms with Crippen LogP contribution in [0.2, 0.25) is 0 Å². The number of nitrogens with one attached hydrogen (secondary N) is 1. The van der Waals surface area contributed by atoms with E-state index in [1.165, 1.54) is 23.8 Å². The van der Waals surface area contributed by atoms with Crippen molar-refractivity contribution < 1.29 is 24.0 Å². The molecule has 2 amide bonds. The Balaban J connectivity index is 1.37. The van der Waals surface area contributed by atoms with E-state index in [1.54, 1.807) is 0 Å². The lowest BCUT2D eigenvalue weighted by Crippen LogP contribution is -2.71. The Morgan fingerprint density at radius 3 is 2.38 bits per heavy atom. The van der Waals surface area contributed by atoms with E-state index in [9.17, 15) is 14.4 Å². The molecule has 206 valence electrons. The number of oxime groups is 1. The largest absolute Gasteiger partial charge is 0.448 e. The highest BCUT2D eigenvalue weighted by Crippen LogP contribution is 2.42. The van der Waals surface area contributed by atoms with Gasteiger partial charge in [0.2, 0.25) is 11.5 Å². The Kier molecular flexibility index (Phi) is 8.66. The second-order valence-corrected chi connectivity index (χ2v) is 11.3. The summed E-state index contributed by atoms with van der Waals surface area (Å²) in [5.74, 6) is -1.24. The first-order valence-corrected chi connectivity index (χ1v) is 15.3. The van der Waals surface area contributed by atoms with Crippen LogP contribution in [0.1, 0.15) is 23.1 Å². The standard InChI is InChI=1S/C26H23IN6O5S2/c1-37-31-17(21-30-26(28)40-32-21)22(34)29-18-23(35)33-19(16(12-27)13-39-24(18)33)25(36)38-20(14-8-4-2-5-9-14)15-10-6-3-7-11-15/h2-11,18,20,24H,12-13H2,1H3,(H,29,34)(H2,28,30,32)/b31-17-/t18?,24-/m1/s1. The molecule has 0 radical (unpaired) electrons. The van der Waals surface area contributed by atoms with Crippen LogP contribution in [0.4, 0.5) is 5.13 Å². The predicted molar refractivity (Wildman–Crippen MR) is 160 cm³/mol. The van der Waals surface area contributed by atoms with Gasteiger partial charge in [-0.3, -0.25) is 14.5 Å². The molecule has 14 heteroatoms. The number of alkyl halides is 1. The van der Waals surface area contributed by atoms with E-state index in [2.05, 4.69) is 42.4 Å². The van der Waals surface area contributed by atoms with Crippen molar-refractivity contribution in [2.24, 2.45) is 5.16 Å². The average molecular weight is 691 g/mol. The van der Waals surface area contributed by atoms with Gasteiger partial charge in [0, 0.05) is 21.7 Å². The molecule has 1 saturated heterocycles. The van der Waals surface area contributed by atoms with Crippen molar-refractivity contribution in [2.75, 3.05) is 23.0 Å². The normalized spacial score (nSPS) is 18.7.